The van der Waals surface area contributed by atoms with Crippen LogP contribution in [0.1, 0.15) is 54.4 Å². The molecule has 1 fully saturated rings. The maximum Gasteiger partial charge on any atom is 0.309 e. The highest BCUT2D eigenvalue weighted by molar-refractivity contribution is 6.74. The van der Waals surface area contributed by atoms with Crippen molar-refractivity contribution in [1.29, 1.82) is 0 Å². The Morgan fingerprint density at radius 2 is 1.53 bits per heavy atom. The highest BCUT2D eigenvalue weighted by Crippen LogP contribution is 2.41. The minimum absolute atomic E-state index is 0.0361. The van der Waals surface area contributed by atoms with E-state index in [2.05, 4.69) is 33.9 Å². The molecule has 1 aliphatic carbocycles. The summed E-state index contributed by atoms with van der Waals surface area (Å²) in [6.07, 6.45) is 1.89. The molecule has 0 spiro atoms. The molecule has 0 atom stereocenters. The van der Waals surface area contributed by atoms with Gasteiger partial charge in [0.25, 0.3) is 0 Å². The van der Waals surface area contributed by atoms with Gasteiger partial charge < -0.3 is 9.16 Å². The van der Waals surface area contributed by atoms with Crippen LogP contribution in [0.2, 0.25) is 18.1 Å². The maximum atomic E-state index is 11.9. The Morgan fingerprint density at radius 3 is 1.89 bits per heavy atom. The molecular weight excluding hydrogens is 256 g/mol. The Balaban J connectivity index is 2.41. The van der Waals surface area contributed by atoms with Crippen molar-refractivity contribution >= 4 is 14.3 Å². The van der Waals surface area contributed by atoms with Crippen LogP contribution in [-0.4, -0.2) is 26.0 Å². The number of carbonyl (C=O) groups excluding carboxylic acids is 1. The van der Waals surface area contributed by atoms with Crippen LogP contribution >= 0.6 is 0 Å². The predicted molar refractivity (Wildman–Crippen MR) is 80.6 cm³/mol. The number of rotatable bonds is 3. The van der Waals surface area contributed by atoms with E-state index in [0.717, 1.165) is 12.8 Å². The number of hydrogen-bond acceptors (Lipinski definition) is 3. The molecule has 3 nitrogen and oxygen atoms in total. The monoisotopic (exact) mass is 286 g/mol. The van der Waals surface area contributed by atoms with Gasteiger partial charge in [-0.25, -0.2) is 0 Å². The second-order valence-electron chi connectivity index (χ2n) is 8.20. The summed E-state index contributed by atoms with van der Waals surface area (Å²) in [4.78, 5) is 11.9. The summed E-state index contributed by atoms with van der Waals surface area (Å²) >= 11 is 0. The molecule has 0 heterocycles. The van der Waals surface area contributed by atoms with E-state index in [0.29, 0.717) is 0 Å². The lowest BCUT2D eigenvalue weighted by molar-refractivity contribution is -0.166. The van der Waals surface area contributed by atoms with Gasteiger partial charge in [0.05, 0.1) is 5.92 Å². The summed E-state index contributed by atoms with van der Waals surface area (Å²) < 4.78 is 11.7. The van der Waals surface area contributed by atoms with Crippen molar-refractivity contribution in [3.05, 3.63) is 0 Å². The normalized spacial score (nSPS) is 24.8. The quantitative estimate of drug-likeness (QED) is 0.578. The van der Waals surface area contributed by atoms with Gasteiger partial charge in [0.1, 0.15) is 5.60 Å². The predicted octanol–water partition coefficient (Wildman–Crippen LogP) is 4.13. The first-order valence-corrected chi connectivity index (χ1v) is 10.1. The van der Waals surface area contributed by atoms with Crippen molar-refractivity contribution in [1.82, 2.24) is 0 Å². The smallest absolute Gasteiger partial charge is 0.309 e. The lowest BCUT2D eigenvalue weighted by atomic mass is 9.82. The van der Waals surface area contributed by atoms with E-state index in [1.54, 1.807) is 0 Å². The van der Waals surface area contributed by atoms with Crippen molar-refractivity contribution in [3.8, 4) is 0 Å². The van der Waals surface area contributed by atoms with E-state index in [9.17, 15) is 4.79 Å². The van der Waals surface area contributed by atoms with Crippen LogP contribution in [0.4, 0.5) is 0 Å². The fourth-order valence-electron chi connectivity index (χ4n) is 1.83. The lowest BCUT2D eigenvalue weighted by Crippen LogP contribution is -2.49. The van der Waals surface area contributed by atoms with E-state index in [-0.39, 0.29) is 28.6 Å². The van der Waals surface area contributed by atoms with Gasteiger partial charge in [-0.15, -0.1) is 0 Å². The number of hydrogen-bond donors (Lipinski definition) is 0. The second kappa shape index (κ2) is 5.21. The van der Waals surface area contributed by atoms with Gasteiger partial charge in [-0.1, -0.05) is 20.8 Å². The van der Waals surface area contributed by atoms with Crippen molar-refractivity contribution in [2.45, 2.75) is 84.2 Å². The Hall–Kier alpha value is -0.353. The zero-order valence-electron chi connectivity index (χ0n) is 13.8. The summed E-state index contributed by atoms with van der Waals surface area (Å²) in [5, 5.41) is 0.226. The first-order chi connectivity index (χ1) is 8.32. The number of esters is 1. The largest absolute Gasteiger partial charge is 0.460 e. The summed E-state index contributed by atoms with van der Waals surface area (Å²) in [5.41, 5.74) is -0.386. The first kappa shape index (κ1) is 16.7. The van der Waals surface area contributed by atoms with E-state index < -0.39 is 8.32 Å². The summed E-state index contributed by atoms with van der Waals surface area (Å²) in [5.74, 6) is -0.0309. The highest BCUT2D eigenvalue weighted by atomic mass is 28.4. The topological polar surface area (TPSA) is 35.5 Å². The van der Waals surface area contributed by atoms with Gasteiger partial charge in [0.15, 0.2) is 8.32 Å². The molecule has 0 N–H and O–H groups in total. The van der Waals surface area contributed by atoms with Crippen LogP contribution in [0.25, 0.3) is 0 Å². The molecule has 112 valence electrons. The SMILES string of the molecule is CC(C)(C)OC(=O)C1CC(O[Si](C)(C)C(C)(C)C)C1. The standard InChI is InChI=1S/C15H30O3Si/c1-14(2,3)17-13(16)11-9-12(10-11)18-19(7,8)15(4,5)6/h11-12H,9-10H2,1-8H3. The second-order valence-corrected chi connectivity index (χ2v) is 13.0. The van der Waals surface area contributed by atoms with Gasteiger partial charge in [0.2, 0.25) is 0 Å². The van der Waals surface area contributed by atoms with E-state index in [1.807, 2.05) is 20.8 Å². The van der Waals surface area contributed by atoms with E-state index >= 15 is 0 Å². The molecule has 4 heteroatoms. The molecule has 1 aliphatic rings. The van der Waals surface area contributed by atoms with Gasteiger partial charge in [-0.2, -0.15) is 0 Å². The Labute approximate surface area is 119 Å². The molecule has 0 aliphatic heterocycles. The lowest BCUT2D eigenvalue weighted by Gasteiger charge is -2.44. The fourth-order valence-corrected chi connectivity index (χ4v) is 3.21. The highest BCUT2D eigenvalue weighted by Gasteiger charge is 2.44. The molecule has 0 unspecified atom stereocenters. The van der Waals surface area contributed by atoms with Crippen molar-refractivity contribution < 1.29 is 14.0 Å². The van der Waals surface area contributed by atoms with E-state index in [4.69, 9.17) is 9.16 Å². The molecule has 0 amide bonds. The van der Waals surface area contributed by atoms with Crippen LogP contribution in [0, 0.1) is 5.92 Å². The van der Waals surface area contributed by atoms with Crippen LogP contribution < -0.4 is 0 Å². The third-order valence-electron chi connectivity index (χ3n) is 4.10. The first-order valence-electron chi connectivity index (χ1n) is 7.22. The Kier molecular flexibility index (Phi) is 4.58. The third-order valence-corrected chi connectivity index (χ3v) is 8.64. The molecule has 0 aromatic rings. The molecule has 0 radical (unpaired) electrons. The van der Waals surface area contributed by atoms with Crippen LogP contribution in [-0.2, 0) is 14.0 Å². The molecule has 0 aromatic heterocycles. The average molecular weight is 286 g/mol. The van der Waals surface area contributed by atoms with Crippen molar-refractivity contribution in [2.75, 3.05) is 0 Å². The molecule has 0 aromatic carbocycles. The number of ether oxygens (including phenoxy) is 1. The minimum atomic E-state index is -1.70. The average Bonchev–Trinajstić information content (AvgIpc) is 2.05. The third kappa shape index (κ3) is 4.60. The Morgan fingerprint density at radius 1 is 1.05 bits per heavy atom. The van der Waals surface area contributed by atoms with Crippen LogP contribution in [0.5, 0.6) is 0 Å². The molecule has 19 heavy (non-hydrogen) atoms. The van der Waals surface area contributed by atoms with Gasteiger partial charge in [-0.05, 0) is 51.7 Å². The molecule has 0 saturated heterocycles. The van der Waals surface area contributed by atoms with Gasteiger partial charge in [0, 0.05) is 6.10 Å². The zero-order valence-corrected chi connectivity index (χ0v) is 14.8. The fraction of sp³-hybridized carbons (Fsp3) is 0.933. The zero-order chi connectivity index (χ0) is 15.1. The van der Waals surface area contributed by atoms with E-state index in [1.165, 1.54) is 0 Å². The Bertz CT molecular complexity index is 330. The van der Waals surface area contributed by atoms with Crippen molar-refractivity contribution in [2.24, 2.45) is 5.92 Å². The van der Waals surface area contributed by atoms with Crippen LogP contribution in [0.15, 0.2) is 0 Å². The molecule has 1 saturated carbocycles. The molecular formula is C15H30O3Si. The molecule has 1 rings (SSSR count). The minimum Gasteiger partial charge on any atom is -0.460 e. The van der Waals surface area contributed by atoms with Crippen LogP contribution in [0.3, 0.4) is 0 Å². The number of carbonyl (C=O) groups is 1. The summed E-state index contributed by atoms with van der Waals surface area (Å²) in [6.45, 7) is 17.0. The maximum absolute atomic E-state index is 11.9. The summed E-state index contributed by atoms with van der Waals surface area (Å²) in [7, 11) is -1.70. The summed E-state index contributed by atoms with van der Waals surface area (Å²) in [6, 6.07) is 0. The molecule has 0 bridgehead atoms. The van der Waals surface area contributed by atoms with Gasteiger partial charge in [-0.3, -0.25) is 4.79 Å². The van der Waals surface area contributed by atoms with Gasteiger partial charge >= 0.3 is 5.97 Å². The van der Waals surface area contributed by atoms with Crippen molar-refractivity contribution in [3.63, 3.8) is 0 Å².